The summed E-state index contributed by atoms with van der Waals surface area (Å²) >= 11 is 0. The number of amides is 1. The predicted molar refractivity (Wildman–Crippen MR) is 114 cm³/mol. The quantitative estimate of drug-likeness (QED) is 0.659. The highest BCUT2D eigenvalue weighted by Gasteiger charge is 2.27. The molecule has 0 radical (unpaired) electrons. The largest absolute Gasteiger partial charge is 0.348 e. The number of nitrogens with one attached hydrogen (secondary N) is 2. The Bertz CT molecular complexity index is 1100. The standard InChI is InChI=1S/C20H25N3O5S2/c1-29(25,26)23-12-6-10-18(15-23)22-20(24)17-9-5-11-19(13-17)30(27,28)21-14-16-7-3-2-4-8-16/h2-5,7-9,11,13,18,21H,6,10,12,14-15H2,1H3,(H,22,24). The van der Waals surface area contributed by atoms with Gasteiger partial charge in [-0.2, -0.15) is 0 Å². The molecule has 0 spiro atoms. The van der Waals surface area contributed by atoms with Crippen molar-refractivity contribution in [3.63, 3.8) is 0 Å². The summed E-state index contributed by atoms with van der Waals surface area (Å²) in [7, 11) is -7.11. The van der Waals surface area contributed by atoms with Gasteiger partial charge in [0.05, 0.1) is 11.2 Å². The average Bonchev–Trinajstić information content (AvgIpc) is 2.73. The molecular formula is C20H25N3O5S2. The van der Waals surface area contributed by atoms with Crippen molar-refractivity contribution in [3.8, 4) is 0 Å². The number of hydrogen-bond donors (Lipinski definition) is 2. The van der Waals surface area contributed by atoms with E-state index in [1.807, 2.05) is 30.3 Å². The summed E-state index contributed by atoms with van der Waals surface area (Å²) in [5.74, 6) is -0.435. The maximum atomic E-state index is 12.6. The number of hydrogen-bond acceptors (Lipinski definition) is 5. The zero-order valence-electron chi connectivity index (χ0n) is 16.6. The van der Waals surface area contributed by atoms with Gasteiger partial charge in [-0.1, -0.05) is 36.4 Å². The summed E-state index contributed by atoms with van der Waals surface area (Å²) in [5, 5.41) is 2.81. The van der Waals surface area contributed by atoms with E-state index in [2.05, 4.69) is 10.0 Å². The number of sulfonamides is 2. The van der Waals surface area contributed by atoms with Crippen molar-refractivity contribution in [2.45, 2.75) is 30.3 Å². The predicted octanol–water partition coefficient (Wildman–Crippen LogP) is 1.32. The number of carbonyl (C=O) groups is 1. The SMILES string of the molecule is CS(=O)(=O)N1CCCC(NC(=O)c2cccc(S(=O)(=O)NCc3ccccc3)c2)C1. The Morgan fingerprint density at radius 2 is 1.80 bits per heavy atom. The molecule has 10 heteroatoms. The lowest BCUT2D eigenvalue weighted by Crippen LogP contribution is -2.49. The number of piperidine rings is 1. The Morgan fingerprint density at radius 3 is 2.50 bits per heavy atom. The lowest BCUT2D eigenvalue weighted by molar-refractivity contribution is 0.0921. The fourth-order valence-electron chi connectivity index (χ4n) is 3.29. The number of benzene rings is 2. The molecule has 1 heterocycles. The summed E-state index contributed by atoms with van der Waals surface area (Å²) in [5.41, 5.74) is 1.02. The monoisotopic (exact) mass is 451 g/mol. The van der Waals surface area contributed by atoms with E-state index in [0.29, 0.717) is 19.4 Å². The summed E-state index contributed by atoms with van der Waals surface area (Å²) in [6.45, 7) is 0.788. The Labute approximate surface area is 177 Å². The molecule has 0 saturated carbocycles. The van der Waals surface area contributed by atoms with Crippen LogP contribution in [0.2, 0.25) is 0 Å². The van der Waals surface area contributed by atoms with Crippen LogP contribution in [0.5, 0.6) is 0 Å². The molecule has 1 aliphatic heterocycles. The zero-order chi connectivity index (χ0) is 21.8. The minimum Gasteiger partial charge on any atom is -0.348 e. The molecule has 1 aliphatic rings. The number of rotatable bonds is 7. The van der Waals surface area contributed by atoms with Gasteiger partial charge in [-0.15, -0.1) is 0 Å². The second-order valence-electron chi connectivity index (χ2n) is 7.27. The van der Waals surface area contributed by atoms with Crippen molar-refractivity contribution < 1.29 is 21.6 Å². The molecule has 0 bridgehead atoms. The van der Waals surface area contributed by atoms with Crippen LogP contribution in [0.1, 0.15) is 28.8 Å². The first kappa shape index (κ1) is 22.4. The molecule has 2 aromatic rings. The molecule has 162 valence electrons. The van der Waals surface area contributed by atoms with Crippen molar-refractivity contribution in [2.24, 2.45) is 0 Å². The van der Waals surface area contributed by atoms with Gasteiger partial charge in [-0.05, 0) is 36.6 Å². The minimum absolute atomic E-state index is 0.00696. The van der Waals surface area contributed by atoms with Gasteiger partial charge in [-0.3, -0.25) is 4.79 Å². The highest BCUT2D eigenvalue weighted by Crippen LogP contribution is 2.16. The summed E-state index contributed by atoms with van der Waals surface area (Å²) in [6.07, 6.45) is 2.46. The van der Waals surface area contributed by atoms with Crippen LogP contribution < -0.4 is 10.0 Å². The van der Waals surface area contributed by atoms with E-state index >= 15 is 0 Å². The average molecular weight is 452 g/mol. The van der Waals surface area contributed by atoms with Crippen LogP contribution in [0.3, 0.4) is 0 Å². The molecule has 30 heavy (non-hydrogen) atoms. The molecule has 1 atom stereocenters. The fourth-order valence-corrected chi connectivity index (χ4v) is 5.27. The fraction of sp³-hybridized carbons (Fsp3) is 0.350. The third-order valence-electron chi connectivity index (χ3n) is 4.90. The second-order valence-corrected chi connectivity index (χ2v) is 11.0. The lowest BCUT2D eigenvalue weighted by Gasteiger charge is -2.31. The molecule has 0 aliphatic carbocycles. The first-order chi connectivity index (χ1) is 14.1. The van der Waals surface area contributed by atoms with Crippen molar-refractivity contribution in [2.75, 3.05) is 19.3 Å². The molecule has 1 amide bonds. The van der Waals surface area contributed by atoms with Gasteiger partial charge in [0.25, 0.3) is 5.91 Å². The molecule has 2 N–H and O–H groups in total. The van der Waals surface area contributed by atoms with Crippen molar-refractivity contribution >= 4 is 26.0 Å². The third-order valence-corrected chi connectivity index (χ3v) is 7.57. The molecule has 0 aromatic heterocycles. The second kappa shape index (κ2) is 9.25. The Morgan fingerprint density at radius 1 is 1.07 bits per heavy atom. The van der Waals surface area contributed by atoms with E-state index in [9.17, 15) is 21.6 Å². The van der Waals surface area contributed by atoms with Crippen LogP contribution in [0.4, 0.5) is 0 Å². The van der Waals surface area contributed by atoms with Gasteiger partial charge in [0.15, 0.2) is 0 Å². The van der Waals surface area contributed by atoms with E-state index in [-0.39, 0.29) is 29.6 Å². The van der Waals surface area contributed by atoms with E-state index in [0.717, 1.165) is 11.8 Å². The maximum Gasteiger partial charge on any atom is 0.251 e. The van der Waals surface area contributed by atoms with Gasteiger partial charge >= 0.3 is 0 Å². The molecular weight excluding hydrogens is 426 g/mol. The van der Waals surface area contributed by atoms with Crippen LogP contribution >= 0.6 is 0 Å². The normalized spacial score (nSPS) is 18.1. The minimum atomic E-state index is -3.79. The number of nitrogens with zero attached hydrogens (tertiary/aromatic N) is 1. The van der Waals surface area contributed by atoms with Crippen molar-refractivity contribution in [1.29, 1.82) is 0 Å². The highest BCUT2D eigenvalue weighted by molar-refractivity contribution is 7.89. The smallest absolute Gasteiger partial charge is 0.251 e. The lowest BCUT2D eigenvalue weighted by atomic mass is 10.1. The van der Waals surface area contributed by atoms with Crippen LogP contribution in [0.25, 0.3) is 0 Å². The Kier molecular flexibility index (Phi) is 6.91. The number of carbonyl (C=O) groups excluding carboxylic acids is 1. The zero-order valence-corrected chi connectivity index (χ0v) is 18.2. The van der Waals surface area contributed by atoms with Crippen LogP contribution in [-0.4, -0.2) is 52.4 Å². The highest BCUT2D eigenvalue weighted by atomic mass is 32.2. The van der Waals surface area contributed by atoms with Gasteiger partial charge < -0.3 is 5.32 Å². The topological polar surface area (TPSA) is 113 Å². The molecule has 1 fully saturated rings. The van der Waals surface area contributed by atoms with E-state index < -0.39 is 26.0 Å². The van der Waals surface area contributed by atoms with Gasteiger partial charge in [0.2, 0.25) is 20.0 Å². The summed E-state index contributed by atoms with van der Waals surface area (Å²) < 4.78 is 52.6. The van der Waals surface area contributed by atoms with Gasteiger partial charge in [0.1, 0.15) is 0 Å². The molecule has 2 aromatic carbocycles. The van der Waals surface area contributed by atoms with Crippen LogP contribution in [-0.2, 0) is 26.6 Å². The van der Waals surface area contributed by atoms with E-state index in [4.69, 9.17) is 0 Å². The maximum absolute atomic E-state index is 12.6. The van der Waals surface area contributed by atoms with Gasteiger partial charge in [-0.25, -0.2) is 25.9 Å². The van der Waals surface area contributed by atoms with E-state index in [1.165, 1.54) is 28.6 Å². The molecule has 8 nitrogen and oxygen atoms in total. The first-order valence-electron chi connectivity index (χ1n) is 9.55. The van der Waals surface area contributed by atoms with Crippen molar-refractivity contribution in [1.82, 2.24) is 14.3 Å². The third kappa shape index (κ3) is 5.88. The summed E-state index contributed by atoms with van der Waals surface area (Å²) in [4.78, 5) is 12.6. The Balaban J connectivity index is 1.67. The first-order valence-corrected chi connectivity index (χ1v) is 12.9. The molecule has 1 unspecified atom stereocenters. The van der Waals surface area contributed by atoms with Crippen LogP contribution in [0, 0.1) is 0 Å². The van der Waals surface area contributed by atoms with E-state index in [1.54, 1.807) is 0 Å². The van der Waals surface area contributed by atoms with Crippen LogP contribution in [0.15, 0.2) is 59.5 Å². The Hall–Kier alpha value is -2.27. The molecule has 3 rings (SSSR count). The molecule has 1 saturated heterocycles. The summed E-state index contributed by atoms with van der Waals surface area (Å²) in [6, 6.07) is 14.6. The van der Waals surface area contributed by atoms with Gasteiger partial charge in [0, 0.05) is 31.2 Å². The van der Waals surface area contributed by atoms with Crippen molar-refractivity contribution in [3.05, 3.63) is 65.7 Å².